The maximum absolute atomic E-state index is 11.1. The molecular formula is C9H14Cl2O. The summed E-state index contributed by atoms with van der Waals surface area (Å²) in [5.74, 6) is 0.687. The van der Waals surface area contributed by atoms with Gasteiger partial charge in [-0.2, -0.15) is 0 Å². The van der Waals surface area contributed by atoms with Crippen LogP contribution in [0.3, 0.4) is 0 Å². The van der Waals surface area contributed by atoms with Crippen LogP contribution in [0.5, 0.6) is 0 Å². The van der Waals surface area contributed by atoms with E-state index in [9.17, 15) is 4.79 Å². The van der Waals surface area contributed by atoms with E-state index in [1.54, 1.807) is 0 Å². The third kappa shape index (κ3) is 2.14. The van der Waals surface area contributed by atoms with Gasteiger partial charge in [0, 0.05) is 11.3 Å². The lowest BCUT2D eigenvalue weighted by Crippen LogP contribution is -2.35. The molecule has 1 nitrogen and oxygen atoms in total. The van der Waals surface area contributed by atoms with Crippen molar-refractivity contribution in [3.63, 3.8) is 0 Å². The largest absolute Gasteiger partial charge is 0.281 e. The van der Waals surface area contributed by atoms with Crippen molar-refractivity contribution in [2.45, 2.75) is 38.5 Å². The highest BCUT2D eigenvalue weighted by atomic mass is 35.5. The Morgan fingerprint density at radius 3 is 2.33 bits per heavy atom. The summed E-state index contributed by atoms with van der Waals surface area (Å²) in [7, 11) is 0. The molecule has 70 valence electrons. The van der Waals surface area contributed by atoms with Crippen molar-refractivity contribution in [1.82, 2.24) is 0 Å². The van der Waals surface area contributed by atoms with E-state index >= 15 is 0 Å². The summed E-state index contributed by atoms with van der Waals surface area (Å²) >= 11 is 11.1. The third-order valence-corrected chi connectivity index (χ3v) is 3.43. The van der Waals surface area contributed by atoms with Gasteiger partial charge in [-0.05, 0) is 37.3 Å². The van der Waals surface area contributed by atoms with E-state index in [1.807, 2.05) is 0 Å². The van der Waals surface area contributed by atoms with Crippen LogP contribution in [-0.4, -0.2) is 11.1 Å². The molecular weight excluding hydrogens is 195 g/mol. The molecule has 0 aliphatic heterocycles. The highest BCUT2D eigenvalue weighted by molar-refractivity contribution is 6.64. The molecule has 0 aromatic heterocycles. The molecule has 0 heterocycles. The van der Waals surface area contributed by atoms with Gasteiger partial charge in [0.1, 0.15) is 0 Å². The molecule has 0 atom stereocenters. The van der Waals surface area contributed by atoms with Gasteiger partial charge in [0.15, 0.2) is 0 Å². The molecule has 1 rings (SSSR count). The van der Waals surface area contributed by atoms with Crippen molar-refractivity contribution in [3.8, 4) is 0 Å². The zero-order valence-electron chi connectivity index (χ0n) is 7.11. The first-order valence-electron chi connectivity index (χ1n) is 4.47. The Bertz CT molecular complexity index is 164. The number of carbonyl (C=O) groups is 1. The lowest BCUT2D eigenvalue weighted by molar-refractivity contribution is -0.125. The summed E-state index contributed by atoms with van der Waals surface area (Å²) in [6, 6.07) is 0. The number of carbonyl (C=O) groups excluding carboxylic acids is 1. The van der Waals surface area contributed by atoms with E-state index in [0.717, 1.165) is 38.5 Å². The number of alkyl halides is 1. The Balaban J connectivity index is 2.30. The van der Waals surface area contributed by atoms with Crippen LogP contribution in [0.2, 0.25) is 0 Å². The Kier molecular flexibility index (Phi) is 3.85. The summed E-state index contributed by atoms with van der Waals surface area (Å²) in [4.78, 5) is 11.1. The van der Waals surface area contributed by atoms with E-state index in [1.165, 1.54) is 0 Å². The molecule has 0 bridgehead atoms. The molecule has 0 aromatic rings. The molecule has 1 fully saturated rings. The summed E-state index contributed by atoms with van der Waals surface area (Å²) in [5.41, 5.74) is -0.159. The standard InChI is InChI=1S/C9H14Cl2O/c10-7-2-1-4-9(8(11)12)5-3-6-9/h1-7H2. The summed E-state index contributed by atoms with van der Waals surface area (Å²) in [6.45, 7) is 0. The predicted octanol–water partition coefficient (Wildman–Crippen LogP) is 3.33. The van der Waals surface area contributed by atoms with E-state index in [4.69, 9.17) is 23.2 Å². The van der Waals surface area contributed by atoms with Crippen molar-refractivity contribution in [2.24, 2.45) is 5.41 Å². The second-order valence-electron chi connectivity index (χ2n) is 3.55. The number of hydrogen-bond acceptors (Lipinski definition) is 1. The van der Waals surface area contributed by atoms with Crippen LogP contribution in [0.1, 0.15) is 38.5 Å². The quantitative estimate of drug-likeness (QED) is 0.385. The summed E-state index contributed by atoms with van der Waals surface area (Å²) < 4.78 is 0. The zero-order chi connectivity index (χ0) is 9.03. The molecule has 0 unspecified atom stereocenters. The van der Waals surface area contributed by atoms with Crippen molar-refractivity contribution in [2.75, 3.05) is 5.88 Å². The minimum atomic E-state index is -0.159. The van der Waals surface area contributed by atoms with Crippen LogP contribution >= 0.6 is 23.2 Å². The van der Waals surface area contributed by atoms with Crippen LogP contribution < -0.4 is 0 Å². The Morgan fingerprint density at radius 2 is 2.00 bits per heavy atom. The SMILES string of the molecule is O=C(Cl)C1(CCCCCl)CCC1. The molecule has 0 aromatic carbocycles. The molecule has 0 saturated heterocycles. The topological polar surface area (TPSA) is 17.1 Å². The predicted molar refractivity (Wildman–Crippen MR) is 51.7 cm³/mol. The van der Waals surface area contributed by atoms with Gasteiger partial charge in [-0.25, -0.2) is 0 Å². The first-order chi connectivity index (χ1) is 5.71. The summed E-state index contributed by atoms with van der Waals surface area (Å²) in [5, 5.41) is -0.136. The fourth-order valence-electron chi connectivity index (χ4n) is 1.71. The Morgan fingerprint density at radius 1 is 1.33 bits per heavy atom. The smallest absolute Gasteiger partial charge is 0.227 e. The van der Waals surface area contributed by atoms with Crippen LogP contribution in [0.15, 0.2) is 0 Å². The fourth-order valence-corrected chi connectivity index (χ4v) is 2.18. The molecule has 1 saturated carbocycles. The molecule has 0 amide bonds. The van der Waals surface area contributed by atoms with Crippen molar-refractivity contribution in [1.29, 1.82) is 0 Å². The Hall–Kier alpha value is 0.250. The van der Waals surface area contributed by atoms with Crippen molar-refractivity contribution < 1.29 is 4.79 Å². The maximum atomic E-state index is 11.1. The first-order valence-corrected chi connectivity index (χ1v) is 5.38. The van der Waals surface area contributed by atoms with E-state index < -0.39 is 0 Å². The number of unbranched alkanes of at least 4 members (excludes halogenated alkanes) is 1. The highest BCUT2D eigenvalue weighted by Crippen LogP contribution is 2.46. The molecule has 3 heteroatoms. The van der Waals surface area contributed by atoms with Gasteiger partial charge in [0.05, 0.1) is 0 Å². The van der Waals surface area contributed by atoms with Crippen LogP contribution in [0.25, 0.3) is 0 Å². The Labute approximate surface area is 83.4 Å². The van der Waals surface area contributed by atoms with Gasteiger partial charge in [0.25, 0.3) is 0 Å². The molecule has 0 radical (unpaired) electrons. The zero-order valence-corrected chi connectivity index (χ0v) is 8.63. The average Bonchev–Trinajstić information content (AvgIpc) is 1.94. The molecule has 1 aliphatic carbocycles. The minimum Gasteiger partial charge on any atom is -0.281 e. The van der Waals surface area contributed by atoms with Crippen molar-refractivity contribution >= 4 is 28.4 Å². The fraction of sp³-hybridized carbons (Fsp3) is 0.889. The molecule has 12 heavy (non-hydrogen) atoms. The van der Waals surface area contributed by atoms with E-state index in [2.05, 4.69) is 0 Å². The van der Waals surface area contributed by atoms with E-state index in [0.29, 0.717) is 5.88 Å². The molecule has 1 aliphatic rings. The van der Waals surface area contributed by atoms with Crippen LogP contribution in [0.4, 0.5) is 0 Å². The van der Waals surface area contributed by atoms with Gasteiger partial charge in [-0.1, -0.05) is 12.8 Å². The van der Waals surface area contributed by atoms with Crippen molar-refractivity contribution in [3.05, 3.63) is 0 Å². The molecule has 0 N–H and O–H groups in total. The average molecular weight is 209 g/mol. The number of rotatable bonds is 5. The number of hydrogen-bond donors (Lipinski definition) is 0. The lowest BCUT2D eigenvalue weighted by Gasteiger charge is -2.38. The second-order valence-corrected chi connectivity index (χ2v) is 4.27. The third-order valence-electron chi connectivity index (χ3n) is 2.77. The summed E-state index contributed by atoms with van der Waals surface area (Å²) in [6.07, 6.45) is 6.08. The van der Waals surface area contributed by atoms with Gasteiger partial charge >= 0.3 is 0 Å². The molecule has 0 spiro atoms. The monoisotopic (exact) mass is 208 g/mol. The maximum Gasteiger partial charge on any atom is 0.227 e. The highest BCUT2D eigenvalue weighted by Gasteiger charge is 2.42. The van der Waals surface area contributed by atoms with Crippen LogP contribution in [-0.2, 0) is 4.79 Å². The van der Waals surface area contributed by atoms with E-state index in [-0.39, 0.29) is 10.7 Å². The van der Waals surface area contributed by atoms with Gasteiger partial charge in [-0.3, -0.25) is 4.79 Å². The normalized spacial score (nSPS) is 20.2. The number of halogens is 2. The van der Waals surface area contributed by atoms with Crippen LogP contribution in [0, 0.1) is 5.41 Å². The van der Waals surface area contributed by atoms with Gasteiger partial charge in [0.2, 0.25) is 5.24 Å². The lowest BCUT2D eigenvalue weighted by atomic mass is 9.67. The van der Waals surface area contributed by atoms with Gasteiger partial charge < -0.3 is 0 Å². The second kappa shape index (κ2) is 4.48. The first kappa shape index (κ1) is 10.3. The minimum absolute atomic E-state index is 0.136. The van der Waals surface area contributed by atoms with Gasteiger partial charge in [-0.15, -0.1) is 11.6 Å².